The first-order chi connectivity index (χ1) is 12.5. The minimum atomic E-state index is -0.923. The number of benzene rings is 2. The van der Waals surface area contributed by atoms with Crippen LogP contribution in [0, 0.1) is 0 Å². The highest BCUT2D eigenvalue weighted by Crippen LogP contribution is 2.28. The molecule has 138 valence electrons. The molecule has 0 saturated carbocycles. The maximum absolute atomic E-state index is 12.6. The second kappa shape index (κ2) is 9.15. The second-order valence-electron chi connectivity index (χ2n) is 5.45. The normalized spacial score (nSPS) is 11.5. The molecule has 0 saturated heterocycles. The van der Waals surface area contributed by atoms with E-state index in [4.69, 9.17) is 14.6 Å². The molecule has 6 nitrogen and oxygen atoms in total. The quantitative estimate of drug-likeness (QED) is 0.689. The van der Waals surface area contributed by atoms with Crippen molar-refractivity contribution in [1.82, 2.24) is 5.32 Å². The van der Waals surface area contributed by atoms with Gasteiger partial charge >= 0.3 is 5.97 Å². The van der Waals surface area contributed by atoms with Gasteiger partial charge in [-0.1, -0.05) is 12.1 Å². The van der Waals surface area contributed by atoms with Crippen molar-refractivity contribution in [2.24, 2.45) is 0 Å². The van der Waals surface area contributed by atoms with Crippen molar-refractivity contribution in [3.63, 3.8) is 0 Å². The van der Waals surface area contributed by atoms with Gasteiger partial charge in [0.15, 0.2) is 0 Å². The first-order valence-electron chi connectivity index (χ1n) is 7.93. The number of hydrogen-bond acceptors (Lipinski definition) is 5. The molecule has 2 rings (SSSR count). The van der Waals surface area contributed by atoms with E-state index in [1.165, 1.54) is 0 Å². The number of thioether (sulfide) groups is 1. The lowest BCUT2D eigenvalue weighted by atomic mass is 10.1. The largest absolute Gasteiger partial charge is 0.497 e. The van der Waals surface area contributed by atoms with Crippen LogP contribution in [-0.2, 0) is 11.3 Å². The van der Waals surface area contributed by atoms with Crippen molar-refractivity contribution in [3.05, 3.63) is 53.6 Å². The number of carboxylic acid groups (broad SMARTS) is 1. The molecule has 26 heavy (non-hydrogen) atoms. The Labute approximate surface area is 156 Å². The molecule has 0 aromatic heterocycles. The minimum Gasteiger partial charge on any atom is -0.497 e. The second-order valence-corrected chi connectivity index (χ2v) is 6.84. The van der Waals surface area contributed by atoms with E-state index in [0.29, 0.717) is 22.0 Å². The molecule has 0 aliphatic carbocycles. The summed E-state index contributed by atoms with van der Waals surface area (Å²) >= 11 is 1.14. The van der Waals surface area contributed by atoms with Crippen molar-refractivity contribution < 1.29 is 24.2 Å². The SMILES string of the molecule is COc1ccc(CNC(=O)c2ccccc2SC(C)C(=O)O)c(OC)c1. The Balaban J connectivity index is 2.12. The average Bonchev–Trinajstić information content (AvgIpc) is 2.66. The molecule has 0 radical (unpaired) electrons. The molecule has 0 aliphatic rings. The number of ether oxygens (including phenoxy) is 2. The van der Waals surface area contributed by atoms with Gasteiger partial charge < -0.3 is 19.9 Å². The van der Waals surface area contributed by atoms with Gasteiger partial charge in [-0.25, -0.2) is 0 Å². The summed E-state index contributed by atoms with van der Waals surface area (Å²) in [6.45, 7) is 1.86. The molecule has 0 fully saturated rings. The summed E-state index contributed by atoms with van der Waals surface area (Å²) in [4.78, 5) is 24.3. The average molecular weight is 375 g/mol. The molecule has 7 heteroatoms. The number of hydrogen-bond donors (Lipinski definition) is 2. The maximum atomic E-state index is 12.6. The fourth-order valence-corrected chi connectivity index (χ4v) is 3.19. The van der Waals surface area contributed by atoms with E-state index < -0.39 is 11.2 Å². The molecular formula is C19H21NO5S. The molecule has 0 aliphatic heterocycles. The lowest BCUT2D eigenvalue weighted by Gasteiger charge is -2.13. The summed E-state index contributed by atoms with van der Waals surface area (Å²) in [5.74, 6) is 0.0879. The van der Waals surface area contributed by atoms with Crippen LogP contribution in [-0.4, -0.2) is 36.5 Å². The zero-order valence-corrected chi connectivity index (χ0v) is 15.6. The number of rotatable bonds is 8. The molecule has 1 amide bonds. The van der Waals surface area contributed by atoms with Gasteiger partial charge in [-0.3, -0.25) is 9.59 Å². The van der Waals surface area contributed by atoms with Gasteiger partial charge in [0, 0.05) is 23.1 Å². The van der Waals surface area contributed by atoms with Crippen LogP contribution in [0.3, 0.4) is 0 Å². The van der Waals surface area contributed by atoms with Crippen molar-refractivity contribution in [2.75, 3.05) is 14.2 Å². The summed E-state index contributed by atoms with van der Waals surface area (Å²) in [5, 5.41) is 11.3. The van der Waals surface area contributed by atoms with E-state index in [1.54, 1.807) is 57.5 Å². The standard InChI is InChI=1S/C19H21NO5S/c1-12(19(22)23)26-17-7-5-4-6-15(17)18(21)20-11-13-8-9-14(24-2)10-16(13)25-3/h4-10,12H,11H2,1-3H3,(H,20,21)(H,22,23). The predicted molar refractivity (Wildman–Crippen MR) is 100 cm³/mol. The van der Waals surface area contributed by atoms with E-state index in [-0.39, 0.29) is 12.5 Å². The monoisotopic (exact) mass is 375 g/mol. The number of amides is 1. The Hall–Kier alpha value is -2.67. The molecule has 0 spiro atoms. The number of carbonyl (C=O) groups is 2. The van der Waals surface area contributed by atoms with Gasteiger partial charge in [0.05, 0.1) is 19.8 Å². The third-order valence-corrected chi connectivity index (χ3v) is 4.88. The Bertz CT molecular complexity index is 793. The third kappa shape index (κ3) is 4.92. The van der Waals surface area contributed by atoms with Crippen molar-refractivity contribution >= 4 is 23.6 Å². The minimum absolute atomic E-state index is 0.274. The van der Waals surface area contributed by atoms with E-state index in [2.05, 4.69) is 5.32 Å². The number of carbonyl (C=O) groups excluding carboxylic acids is 1. The van der Waals surface area contributed by atoms with E-state index >= 15 is 0 Å². The van der Waals surface area contributed by atoms with E-state index in [9.17, 15) is 9.59 Å². The predicted octanol–water partition coefficient (Wildman–Crippen LogP) is 3.20. The Morgan fingerprint density at radius 2 is 1.88 bits per heavy atom. The highest BCUT2D eigenvalue weighted by Gasteiger charge is 2.18. The topological polar surface area (TPSA) is 84.9 Å². The lowest BCUT2D eigenvalue weighted by molar-refractivity contribution is -0.136. The lowest BCUT2D eigenvalue weighted by Crippen LogP contribution is -2.24. The smallest absolute Gasteiger partial charge is 0.316 e. The fourth-order valence-electron chi connectivity index (χ4n) is 2.27. The molecule has 2 N–H and O–H groups in total. The summed E-state index contributed by atoms with van der Waals surface area (Å²) in [5.41, 5.74) is 1.25. The Morgan fingerprint density at radius 3 is 2.54 bits per heavy atom. The summed E-state index contributed by atoms with van der Waals surface area (Å²) in [6.07, 6.45) is 0. The number of aliphatic carboxylic acids is 1. The van der Waals surface area contributed by atoms with Crippen LogP contribution in [0.25, 0.3) is 0 Å². The zero-order valence-electron chi connectivity index (χ0n) is 14.8. The van der Waals surface area contributed by atoms with E-state index in [1.807, 2.05) is 6.07 Å². The van der Waals surface area contributed by atoms with Crippen LogP contribution in [0.15, 0.2) is 47.4 Å². The fraction of sp³-hybridized carbons (Fsp3) is 0.263. The summed E-state index contributed by atoms with van der Waals surface area (Å²) in [7, 11) is 3.13. The van der Waals surface area contributed by atoms with Crippen LogP contribution in [0.5, 0.6) is 11.5 Å². The van der Waals surface area contributed by atoms with Crippen molar-refractivity contribution in [3.8, 4) is 11.5 Å². The zero-order chi connectivity index (χ0) is 19.1. The van der Waals surface area contributed by atoms with Crippen molar-refractivity contribution in [1.29, 1.82) is 0 Å². The molecule has 2 aromatic rings. The van der Waals surface area contributed by atoms with Gasteiger partial charge in [0.2, 0.25) is 0 Å². The number of carboxylic acids is 1. The molecular weight excluding hydrogens is 354 g/mol. The van der Waals surface area contributed by atoms with Gasteiger partial charge in [0.1, 0.15) is 16.7 Å². The molecule has 0 bridgehead atoms. The number of nitrogens with one attached hydrogen (secondary N) is 1. The first-order valence-corrected chi connectivity index (χ1v) is 8.81. The third-order valence-electron chi connectivity index (χ3n) is 3.72. The summed E-state index contributed by atoms with van der Waals surface area (Å²) < 4.78 is 10.5. The Morgan fingerprint density at radius 1 is 1.15 bits per heavy atom. The molecule has 2 aromatic carbocycles. The van der Waals surface area contributed by atoms with Gasteiger partial charge in [-0.05, 0) is 31.2 Å². The van der Waals surface area contributed by atoms with Crippen LogP contribution in [0.1, 0.15) is 22.8 Å². The van der Waals surface area contributed by atoms with Crippen LogP contribution in [0.2, 0.25) is 0 Å². The van der Waals surface area contributed by atoms with Gasteiger partial charge in [0.25, 0.3) is 5.91 Å². The summed E-state index contributed by atoms with van der Waals surface area (Å²) in [6, 6.07) is 12.3. The first kappa shape index (κ1) is 19.7. The molecule has 1 atom stereocenters. The molecule has 0 heterocycles. The highest BCUT2D eigenvalue weighted by atomic mass is 32.2. The van der Waals surface area contributed by atoms with Gasteiger partial charge in [-0.2, -0.15) is 0 Å². The van der Waals surface area contributed by atoms with Crippen molar-refractivity contribution in [2.45, 2.75) is 23.6 Å². The van der Waals surface area contributed by atoms with Crippen LogP contribution in [0.4, 0.5) is 0 Å². The van der Waals surface area contributed by atoms with Crippen LogP contribution < -0.4 is 14.8 Å². The number of methoxy groups -OCH3 is 2. The van der Waals surface area contributed by atoms with E-state index in [0.717, 1.165) is 17.3 Å². The Kier molecular flexibility index (Phi) is 6.91. The van der Waals surface area contributed by atoms with Gasteiger partial charge in [-0.15, -0.1) is 11.8 Å². The maximum Gasteiger partial charge on any atom is 0.316 e. The van der Waals surface area contributed by atoms with Crippen LogP contribution >= 0.6 is 11.8 Å². The molecule has 1 unspecified atom stereocenters. The highest BCUT2D eigenvalue weighted by molar-refractivity contribution is 8.00.